The lowest BCUT2D eigenvalue weighted by molar-refractivity contribution is 0.744. The molecule has 2 aromatic heterocycles. The van der Waals surface area contributed by atoms with Crippen LogP contribution in [0.15, 0.2) is 24.5 Å². The molecule has 1 aromatic carbocycles. The second-order valence-electron chi connectivity index (χ2n) is 4.53. The zero-order valence-corrected chi connectivity index (χ0v) is 10.7. The van der Waals surface area contributed by atoms with Gasteiger partial charge < -0.3 is 10.3 Å². The molecule has 0 radical (unpaired) electrons. The summed E-state index contributed by atoms with van der Waals surface area (Å²) in [5.74, 6) is 0.560. The summed E-state index contributed by atoms with van der Waals surface area (Å²) >= 11 is 0. The molecule has 0 bridgehead atoms. The summed E-state index contributed by atoms with van der Waals surface area (Å²) in [7, 11) is 3.88. The SMILES string of the molecule is Cc1c(-c2ccc3c(c2)ncn3C)c(N)nn1C. The molecule has 5 nitrogen and oxygen atoms in total. The predicted molar refractivity (Wildman–Crippen MR) is 72.1 cm³/mol. The molecule has 92 valence electrons. The molecule has 0 fully saturated rings. The number of fused-ring (bicyclic) bond motifs is 1. The minimum atomic E-state index is 0.560. The first-order chi connectivity index (χ1) is 8.58. The molecule has 0 aliphatic rings. The van der Waals surface area contributed by atoms with E-state index >= 15 is 0 Å². The highest BCUT2D eigenvalue weighted by Gasteiger charge is 2.13. The Morgan fingerprint density at radius 2 is 2.00 bits per heavy atom. The zero-order chi connectivity index (χ0) is 12.9. The monoisotopic (exact) mass is 241 g/mol. The van der Waals surface area contributed by atoms with E-state index in [2.05, 4.69) is 28.3 Å². The molecular formula is C13H15N5. The second kappa shape index (κ2) is 3.60. The molecule has 0 amide bonds. The third kappa shape index (κ3) is 1.40. The van der Waals surface area contributed by atoms with Gasteiger partial charge in [-0.05, 0) is 24.6 Å². The van der Waals surface area contributed by atoms with Crippen molar-refractivity contribution in [2.45, 2.75) is 6.92 Å². The molecule has 0 spiro atoms. The molecule has 18 heavy (non-hydrogen) atoms. The number of benzene rings is 1. The lowest BCUT2D eigenvalue weighted by atomic mass is 10.1. The highest BCUT2D eigenvalue weighted by molar-refractivity contribution is 5.85. The van der Waals surface area contributed by atoms with Crippen LogP contribution in [0.1, 0.15) is 5.69 Å². The fraction of sp³-hybridized carbons (Fsp3) is 0.231. The molecule has 3 rings (SSSR count). The number of hydrogen-bond acceptors (Lipinski definition) is 3. The van der Waals surface area contributed by atoms with Crippen molar-refractivity contribution in [2.75, 3.05) is 5.73 Å². The number of nitrogen functional groups attached to an aromatic ring is 1. The molecular weight excluding hydrogens is 226 g/mol. The number of anilines is 1. The normalized spacial score (nSPS) is 11.3. The van der Waals surface area contributed by atoms with Crippen LogP contribution in [0.25, 0.3) is 22.2 Å². The quantitative estimate of drug-likeness (QED) is 0.707. The standard InChI is InChI=1S/C13H15N5/c1-8-12(13(14)16-18(8)3)9-4-5-11-10(6-9)15-7-17(11)2/h4-7H,1-3H3,(H2,14,16). The van der Waals surface area contributed by atoms with Crippen LogP contribution in [-0.2, 0) is 14.1 Å². The number of rotatable bonds is 1. The van der Waals surface area contributed by atoms with Gasteiger partial charge in [-0.25, -0.2) is 4.98 Å². The van der Waals surface area contributed by atoms with Crippen molar-refractivity contribution in [2.24, 2.45) is 14.1 Å². The van der Waals surface area contributed by atoms with Gasteiger partial charge in [0.2, 0.25) is 0 Å². The van der Waals surface area contributed by atoms with Gasteiger partial charge in [0.1, 0.15) is 0 Å². The lowest BCUT2D eigenvalue weighted by Gasteiger charge is -2.02. The topological polar surface area (TPSA) is 61.7 Å². The van der Waals surface area contributed by atoms with E-state index in [1.54, 1.807) is 4.68 Å². The summed E-state index contributed by atoms with van der Waals surface area (Å²) in [4.78, 5) is 4.37. The van der Waals surface area contributed by atoms with Gasteiger partial charge in [-0.2, -0.15) is 5.10 Å². The smallest absolute Gasteiger partial charge is 0.153 e. The van der Waals surface area contributed by atoms with Crippen LogP contribution in [0.5, 0.6) is 0 Å². The van der Waals surface area contributed by atoms with Gasteiger partial charge >= 0.3 is 0 Å². The summed E-state index contributed by atoms with van der Waals surface area (Å²) in [5.41, 5.74) is 11.2. The maximum absolute atomic E-state index is 5.97. The zero-order valence-electron chi connectivity index (χ0n) is 10.7. The number of aromatic nitrogens is 4. The van der Waals surface area contributed by atoms with Gasteiger partial charge in [0, 0.05) is 25.4 Å². The summed E-state index contributed by atoms with van der Waals surface area (Å²) in [6, 6.07) is 6.17. The second-order valence-corrected chi connectivity index (χ2v) is 4.53. The van der Waals surface area contributed by atoms with E-state index in [-0.39, 0.29) is 0 Å². The summed E-state index contributed by atoms with van der Waals surface area (Å²) < 4.78 is 3.80. The minimum Gasteiger partial charge on any atom is -0.382 e. The van der Waals surface area contributed by atoms with Crippen molar-refractivity contribution in [1.29, 1.82) is 0 Å². The molecule has 0 saturated carbocycles. The van der Waals surface area contributed by atoms with Gasteiger partial charge in [0.25, 0.3) is 0 Å². The van der Waals surface area contributed by atoms with Crippen LogP contribution >= 0.6 is 0 Å². The Morgan fingerprint density at radius 3 is 2.67 bits per heavy atom. The van der Waals surface area contributed by atoms with Crippen molar-refractivity contribution in [3.63, 3.8) is 0 Å². The fourth-order valence-electron chi connectivity index (χ4n) is 2.28. The van der Waals surface area contributed by atoms with Gasteiger partial charge in [-0.3, -0.25) is 4.68 Å². The van der Waals surface area contributed by atoms with Crippen LogP contribution in [0.4, 0.5) is 5.82 Å². The van der Waals surface area contributed by atoms with Crippen LogP contribution in [-0.4, -0.2) is 19.3 Å². The average molecular weight is 241 g/mol. The third-order valence-corrected chi connectivity index (χ3v) is 3.38. The lowest BCUT2D eigenvalue weighted by Crippen LogP contribution is -1.93. The fourth-order valence-corrected chi connectivity index (χ4v) is 2.28. The van der Waals surface area contributed by atoms with Crippen molar-refractivity contribution >= 4 is 16.9 Å². The molecule has 5 heteroatoms. The van der Waals surface area contributed by atoms with E-state index < -0.39 is 0 Å². The first kappa shape index (κ1) is 10.8. The van der Waals surface area contributed by atoms with Crippen molar-refractivity contribution in [3.05, 3.63) is 30.2 Å². The minimum absolute atomic E-state index is 0.560. The molecule has 3 aromatic rings. The number of aryl methyl sites for hydroxylation is 2. The first-order valence-corrected chi connectivity index (χ1v) is 5.78. The van der Waals surface area contributed by atoms with Crippen molar-refractivity contribution in [1.82, 2.24) is 19.3 Å². The van der Waals surface area contributed by atoms with Crippen LogP contribution in [0.3, 0.4) is 0 Å². The first-order valence-electron chi connectivity index (χ1n) is 5.78. The van der Waals surface area contributed by atoms with E-state index in [1.165, 1.54) is 0 Å². The number of nitrogens with zero attached hydrogens (tertiary/aromatic N) is 4. The van der Waals surface area contributed by atoms with Crippen molar-refractivity contribution < 1.29 is 0 Å². The van der Waals surface area contributed by atoms with E-state index in [0.29, 0.717) is 5.82 Å². The molecule has 0 atom stereocenters. The van der Waals surface area contributed by atoms with Gasteiger partial charge in [-0.15, -0.1) is 0 Å². The van der Waals surface area contributed by atoms with E-state index in [4.69, 9.17) is 5.73 Å². The van der Waals surface area contributed by atoms with Gasteiger partial charge in [0.05, 0.1) is 17.4 Å². The largest absolute Gasteiger partial charge is 0.382 e. The van der Waals surface area contributed by atoms with E-state index in [9.17, 15) is 0 Å². The summed E-state index contributed by atoms with van der Waals surface area (Å²) in [5, 5.41) is 4.24. The molecule has 2 N–H and O–H groups in total. The Hall–Kier alpha value is -2.30. The Labute approximate surface area is 105 Å². The van der Waals surface area contributed by atoms with Crippen LogP contribution < -0.4 is 5.73 Å². The predicted octanol–water partition coefficient (Wildman–Crippen LogP) is 1.86. The number of nitrogens with two attached hydrogens (primary N) is 1. The Balaban J connectivity index is 2.25. The molecule has 0 aliphatic carbocycles. The van der Waals surface area contributed by atoms with E-state index in [0.717, 1.165) is 27.9 Å². The summed E-state index contributed by atoms with van der Waals surface area (Å²) in [6.07, 6.45) is 1.81. The maximum Gasteiger partial charge on any atom is 0.153 e. The molecule has 2 heterocycles. The Kier molecular flexibility index (Phi) is 2.16. The molecule has 0 aliphatic heterocycles. The van der Waals surface area contributed by atoms with Gasteiger partial charge in [0.15, 0.2) is 5.82 Å². The van der Waals surface area contributed by atoms with Crippen LogP contribution in [0.2, 0.25) is 0 Å². The maximum atomic E-state index is 5.97. The number of hydrogen-bond donors (Lipinski definition) is 1. The average Bonchev–Trinajstić information content (AvgIpc) is 2.81. The third-order valence-electron chi connectivity index (χ3n) is 3.38. The van der Waals surface area contributed by atoms with Crippen molar-refractivity contribution in [3.8, 4) is 11.1 Å². The Morgan fingerprint density at radius 1 is 1.22 bits per heavy atom. The van der Waals surface area contributed by atoms with Gasteiger partial charge in [-0.1, -0.05) is 6.07 Å². The van der Waals surface area contributed by atoms with Crippen LogP contribution in [0, 0.1) is 6.92 Å². The molecule has 0 unspecified atom stereocenters. The highest BCUT2D eigenvalue weighted by atomic mass is 15.3. The summed E-state index contributed by atoms with van der Waals surface area (Å²) in [6.45, 7) is 2.02. The Bertz CT molecular complexity index is 735. The number of imidazole rings is 1. The highest BCUT2D eigenvalue weighted by Crippen LogP contribution is 2.30. The molecule has 0 saturated heterocycles. The van der Waals surface area contributed by atoms with E-state index in [1.807, 2.05) is 31.9 Å².